The van der Waals surface area contributed by atoms with E-state index in [-0.39, 0.29) is 18.5 Å². The highest BCUT2D eigenvalue weighted by atomic mass is 16.3. The zero-order valence-electron chi connectivity index (χ0n) is 12.1. The minimum Gasteiger partial charge on any atom is -0.508 e. The Morgan fingerprint density at radius 3 is 2.60 bits per heavy atom. The summed E-state index contributed by atoms with van der Waals surface area (Å²) in [5.41, 5.74) is 6.32. The lowest BCUT2D eigenvalue weighted by atomic mass is 9.99. The molecule has 110 valence electrons. The van der Waals surface area contributed by atoms with Crippen LogP contribution in [0.15, 0.2) is 24.3 Å². The molecule has 0 bridgehead atoms. The zero-order chi connectivity index (χ0) is 14.5. The highest BCUT2D eigenvalue weighted by Gasteiger charge is 2.30. The summed E-state index contributed by atoms with van der Waals surface area (Å²) < 4.78 is 0. The molecule has 0 radical (unpaired) electrons. The van der Waals surface area contributed by atoms with E-state index >= 15 is 0 Å². The van der Waals surface area contributed by atoms with Gasteiger partial charge in [-0.2, -0.15) is 0 Å². The highest BCUT2D eigenvalue weighted by Crippen LogP contribution is 2.36. The lowest BCUT2D eigenvalue weighted by molar-refractivity contribution is -0.120. The lowest BCUT2D eigenvalue weighted by Crippen LogP contribution is -2.42. The van der Waals surface area contributed by atoms with Crippen LogP contribution in [0.2, 0.25) is 0 Å². The monoisotopic (exact) mass is 276 g/mol. The topological polar surface area (TPSA) is 66.6 Å². The number of phenols is 1. The number of carbonyl (C=O) groups excluding carboxylic acids is 1. The molecule has 0 aliphatic heterocycles. The summed E-state index contributed by atoms with van der Waals surface area (Å²) in [6, 6.07) is 7.83. The molecule has 4 nitrogen and oxygen atoms in total. The first-order valence-corrected chi connectivity index (χ1v) is 7.45. The number of nitrogens with zero attached hydrogens (tertiary/aromatic N) is 1. The average Bonchev–Trinajstić information content (AvgIpc) is 2.94. The van der Waals surface area contributed by atoms with Gasteiger partial charge in [-0.1, -0.05) is 38.0 Å². The van der Waals surface area contributed by atoms with Gasteiger partial charge in [0.1, 0.15) is 5.75 Å². The van der Waals surface area contributed by atoms with Crippen molar-refractivity contribution in [2.75, 3.05) is 6.54 Å². The van der Waals surface area contributed by atoms with Crippen LogP contribution in [0.5, 0.6) is 5.75 Å². The molecule has 1 aromatic rings. The van der Waals surface area contributed by atoms with Gasteiger partial charge in [-0.25, -0.2) is 0 Å². The maximum atomic E-state index is 11.4. The quantitative estimate of drug-likeness (QED) is 0.839. The van der Waals surface area contributed by atoms with Crippen molar-refractivity contribution in [3.05, 3.63) is 29.8 Å². The number of amides is 1. The van der Waals surface area contributed by atoms with Gasteiger partial charge in [0.25, 0.3) is 0 Å². The summed E-state index contributed by atoms with van der Waals surface area (Å²) in [5, 5.41) is 10.1. The van der Waals surface area contributed by atoms with Crippen molar-refractivity contribution < 1.29 is 9.90 Å². The Labute approximate surface area is 120 Å². The number of benzene rings is 1. The van der Waals surface area contributed by atoms with E-state index in [2.05, 4.69) is 11.8 Å². The van der Waals surface area contributed by atoms with E-state index in [1.54, 1.807) is 6.07 Å². The fraction of sp³-hybridized carbons (Fsp3) is 0.562. The van der Waals surface area contributed by atoms with Gasteiger partial charge < -0.3 is 10.8 Å². The van der Waals surface area contributed by atoms with Crippen molar-refractivity contribution in [1.82, 2.24) is 4.90 Å². The van der Waals surface area contributed by atoms with Crippen LogP contribution in [0.1, 0.15) is 50.6 Å². The van der Waals surface area contributed by atoms with Crippen LogP contribution in [0.3, 0.4) is 0 Å². The second-order valence-corrected chi connectivity index (χ2v) is 5.56. The first-order chi connectivity index (χ1) is 9.63. The normalized spacial score (nSPS) is 17.5. The Morgan fingerprint density at radius 2 is 2.05 bits per heavy atom. The van der Waals surface area contributed by atoms with E-state index in [1.165, 1.54) is 12.8 Å². The van der Waals surface area contributed by atoms with E-state index in [0.29, 0.717) is 11.8 Å². The molecular weight excluding hydrogens is 252 g/mol. The summed E-state index contributed by atoms with van der Waals surface area (Å²) >= 11 is 0. The second-order valence-electron chi connectivity index (χ2n) is 5.56. The molecule has 0 heterocycles. The molecule has 1 fully saturated rings. The van der Waals surface area contributed by atoms with E-state index < -0.39 is 0 Å². The molecule has 1 saturated carbocycles. The number of aromatic hydroxyl groups is 1. The summed E-state index contributed by atoms with van der Waals surface area (Å²) in [7, 11) is 0. The van der Waals surface area contributed by atoms with Crippen LogP contribution in [-0.4, -0.2) is 28.5 Å². The number of carbonyl (C=O) groups is 1. The Morgan fingerprint density at radius 1 is 1.40 bits per heavy atom. The molecule has 4 heteroatoms. The van der Waals surface area contributed by atoms with Crippen molar-refractivity contribution >= 4 is 5.91 Å². The molecule has 3 N–H and O–H groups in total. The number of nitrogens with two attached hydrogens (primary N) is 1. The fourth-order valence-electron chi connectivity index (χ4n) is 3.31. The summed E-state index contributed by atoms with van der Waals surface area (Å²) in [5.74, 6) is -0.00223. The van der Waals surface area contributed by atoms with Gasteiger partial charge in [-0.15, -0.1) is 0 Å². The number of para-hydroxylation sites is 1. The van der Waals surface area contributed by atoms with E-state index in [9.17, 15) is 9.90 Å². The van der Waals surface area contributed by atoms with Crippen molar-refractivity contribution in [3.63, 3.8) is 0 Å². The van der Waals surface area contributed by atoms with Gasteiger partial charge in [-0.05, 0) is 25.3 Å². The minimum atomic E-state index is -0.300. The molecule has 0 spiro atoms. The Bertz CT molecular complexity index is 456. The van der Waals surface area contributed by atoms with Gasteiger partial charge in [0, 0.05) is 17.6 Å². The van der Waals surface area contributed by atoms with Crippen LogP contribution < -0.4 is 5.73 Å². The highest BCUT2D eigenvalue weighted by molar-refractivity contribution is 5.76. The second kappa shape index (κ2) is 6.75. The Kier molecular flexibility index (Phi) is 5.01. The predicted octanol–water partition coefficient (Wildman–Crippen LogP) is 2.57. The van der Waals surface area contributed by atoms with Crippen LogP contribution in [-0.2, 0) is 4.79 Å². The Balaban J connectivity index is 2.28. The number of rotatable bonds is 6. The van der Waals surface area contributed by atoms with Gasteiger partial charge in [-0.3, -0.25) is 9.69 Å². The Hall–Kier alpha value is -1.55. The lowest BCUT2D eigenvalue weighted by Gasteiger charge is -2.35. The van der Waals surface area contributed by atoms with Gasteiger partial charge >= 0.3 is 0 Å². The van der Waals surface area contributed by atoms with Crippen LogP contribution in [0.25, 0.3) is 0 Å². The maximum absolute atomic E-state index is 11.4. The first-order valence-electron chi connectivity index (χ1n) is 7.45. The predicted molar refractivity (Wildman–Crippen MR) is 79.3 cm³/mol. The van der Waals surface area contributed by atoms with Gasteiger partial charge in [0.15, 0.2) is 0 Å². The minimum absolute atomic E-state index is 0.0480. The van der Waals surface area contributed by atoms with E-state index in [0.717, 1.165) is 24.8 Å². The molecule has 1 amide bonds. The number of primary amides is 1. The maximum Gasteiger partial charge on any atom is 0.231 e. The molecule has 2 rings (SSSR count). The third kappa shape index (κ3) is 3.31. The summed E-state index contributed by atoms with van der Waals surface area (Å²) in [4.78, 5) is 13.6. The molecule has 1 aromatic carbocycles. The first kappa shape index (κ1) is 14.9. The average molecular weight is 276 g/mol. The number of phenolic OH excluding ortho intramolecular Hbond substituents is 1. The van der Waals surface area contributed by atoms with Gasteiger partial charge in [0.05, 0.1) is 6.54 Å². The molecule has 1 unspecified atom stereocenters. The van der Waals surface area contributed by atoms with E-state index in [4.69, 9.17) is 5.73 Å². The van der Waals surface area contributed by atoms with Crippen LogP contribution >= 0.6 is 0 Å². The summed E-state index contributed by atoms with van der Waals surface area (Å²) in [6.07, 6.45) is 5.48. The zero-order valence-corrected chi connectivity index (χ0v) is 12.1. The molecule has 0 saturated heterocycles. The molecule has 1 aliphatic carbocycles. The standard InChI is InChI=1S/C16H24N2O2/c1-2-14(13-9-5-6-10-15(13)19)18(11-16(17)20)12-7-3-4-8-12/h5-6,9-10,12,14,19H,2-4,7-8,11H2,1H3,(H2,17,20). The number of hydrogen-bond donors (Lipinski definition) is 2. The van der Waals surface area contributed by atoms with E-state index in [1.807, 2.05) is 18.2 Å². The van der Waals surface area contributed by atoms with Crippen LogP contribution in [0, 0.1) is 0 Å². The molecule has 0 aromatic heterocycles. The van der Waals surface area contributed by atoms with Crippen molar-refractivity contribution in [2.45, 2.75) is 51.1 Å². The molecule has 1 aliphatic rings. The van der Waals surface area contributed by atoms with Crippen molar-refractivity contribution in [1.29, 1.82) is 0 Å². The van der Waals surface area contributed by atoms with Crippen molar-refractivity contribution in [2.24, 2.45) is 5.73 Å². The van der Waals surface area contributed by atoms with Crippen LogP contribution in [0.4, 0.5) is 0 Å². The summed E-state index contributed by atoms with van der Waals surface area (Å²) in [6.45, 7) is 2.34. The molecule has 20 heavy (non-hydrogen) atoms. The largest absolute Gasteiger partial charge is 0.508 e. The van der Waals surface area contributed by atoms with Crippen molar-refractivity contribution in [3.8, 4) is 5.75 Å². The number of hydrogen-bond acceptors (Lipinski definition) is 3. The molecular formula is C16H24N2O2. The van der Waals surface area contributed by atoms with Gasteiger partial charge in [0.2, 0.25) is 5.91 Å². The third-order valence-electron chi connectivity index (χ3n) is 4.21. The SMILES string of the molecule is CCC(c1ccccc1O)N(CC(N)=O)C1CCCC1. The smallest absolute Gasteiger partial charge is 0.231 e. The fourth-order valence-corrected chi connectivity index (χ4v) is 3.31. The third-order valence-corrected chi connectivity index (χ3v) is 4.21. The molecule has 1 atom stereocenters.